The van der Waals surface area contributed by atoms with E-state index in [1.165, 1.54) is 18.4 Å². The summed E-state index contributed by atoms with van der Waals surface area (Å²) in [6.45, 7) is 6.48. The van der Waals surface area contributed by atoms with E-state index in [1.807, 2.05) is 12.4 Å². The Hall–Kier alpha value is -0.930. The minimum absolute atomic E-state index is 0.572. The Labute approximate surface area is 117 Å². The molecule has 0 aromatic carbocycles. The van der Waals surface area contributed by atoms with Crippen LogP contribution >= 0.6 is 0 Å². The van der Waals surface area contributed by atoms with Gasteiger partial charge in [-0.25, -0.2) is 0 Å². The second-order valence-electron chi connectivity index (χ2n) is 5.21. The molecule has 0 aliphatic rings. The van der Waals surface area contributed by atoms with Gasteiger partial charge in [0.25, 0.3) is 0 Å². The van der Waals surface area contributed by atoms with Crippen LogP contribution in [0.15, 0.2) is 24.5 Å². The summed E-state index contributed by atoms with van der Waals surface area (Å²) in [4.78, 5) is 4.07. The van der Waals surface area contributed by atoms with Crippen molar-refractivity contribution < 1.29 is 4.74 Å². The summed E-state index contributed by atoms with van der Waals surface area (Å²) >= 11 is 0. The number of ether oxygens (including phenoxy) is 1. The van der Waals surface area contributed by atoms with Gasteiger partial charge in [0.1, 0.15) is 0 Å². The van der Waals surface area contributed by atoms with Gasteiger partial charge in [-0.2, -0.15) is 0 Å². The van der Waals surface area contributed by atoms with Crippen molar-refractivity contribution in [3.8, 4) is 0 Å². The third kappa shape index (κ3) is 6.69. The largest absolute Gasteiger partial charge is 0.385 e. The van der Waals surface area contributed by atoms with Crippen LogP contribution in [0, 0.1) is 5.92 Å². The maximum Gasteiger partial charge on any atom is 0.0465 e. The first-order valence-electron chi connectivity index (χ1n) is 7.39. The van der Waals surface area contributed by atoms with E-state index in [9.17, 15) is 0 Å². The zero-order valence-electron chi connectivity index (χ0n) is 12.6. The number of nitrogens with zero attached hydrogens (tertiary/aromatic N) is 1. The summed E-state index contributed by atoms with van der Waals surface area (Å²) < 4.78 is 5.19. The SMILES string of the molecule is CCCNC(CCc1ccncc1)C(C)CCOC. The highest BCUT2D eigenvalue weighted by Crippen LogP contribution is 2.14. The Morgan fingerprint density at radius 2 is 2.00 bits per heavy atom. The second-order valence-corrected chi connectivity index (χ2v) is 5.21. The van der Waals surface area contributed by atoms with Crippen LogP contribution in [0.1, 0.15) is 38.7 Å². The van der Waals surface area contributed by atoms with Crippen molar-refractivity contribution in [2.24, 2.45) is 5.92 Å². The number of hydrogen-bond donors (Lipinski definition) is 1. The van der Waals surface area contributed by atoms with Gasteiger partial charge in [-0.3, -0.25) is 4.98 Å². The summed E-state index contributed by atoms with van der Waals surface area (Å²) in [5, 5.41) is 3.68. The van der Waals surface area contributed by atoms with E-state index in [2.05, 4.69) is 36.3 Å². The zero-order chi connectivity index (χ0) is 13.9. The molecule has 0 fully saturated rings. The predicted octanol–water partition coefficient (Wildman–Crippen LogP) is 3.06. The van der Waals surface area contributed by atoms with E-state index in [-0.39, 0.29) is 0 Å². The lowest BCUT2D eigenvalue weighted by atomic mass is 9.93. The van der Waals surface area contributed by atoms with Crippen molar-refractivity contribution >= 4 is 0 Å². The van der Waals surface area contributed by atoms with Gasteiger partial charge in [0.15, 0.2) is 0 Å². The molecule has 1 aromatic heterocycles. The molecule has 0 radical (unpaired) electrons. The van der Waals surface area contributed by atoms with E-state index in [1.54, 1.807) is 7.11 Å². The van der Waals surface area contributed by atoms with Gasteiger partial charge in [-0.05, 0) is 55.8 Å². The molecule has 0 spiro atoms. The minimum atomic E-state index is 0.572. The molecule has 0 aliphatic carbocycles. The topological polar surface area (TPSA) is 34.2 Å². The minimum Gasteiger partial charge on any atom is -0.385 e. The average Bonchev–Trinajstić information content (AvgIpc) is 2.46. The van der Waals surface area contributed by atoms with E-state index in [4.69, 9.17) is 4.74 Å². The molecule has 108 valence electrons. The van der Waals surface area contributed by atoms with Gasteiger partial charge in [0, 0.05) is 32.2 Å². The van der Waals surface area contributed by atoms with Crippen LogP contribution in [-0.2, 0) is 11.2 Å². The van der Waals surface area contributed by atoms with E-state index in [0.29, 0.717) is 12.0 Å². The summed E-state index contributed by atoms with van der Waals surface area (Å²) in [5.74, 6) is 0.647. The zero-order valence-corrected chi connectivity index (χ0v) is 12.6. The highest BCUT2D eigenvalue weighted by molar-refractivity contribution is 5.09. The molecular formula is C16H28N2O. The molecular weight excluding hydrogens is 236 g/mol. The number of aromatic nitrogens is 1. The fourth-order valence-electron chi connectivity index (χ4n) is 2.29. The molecule has 3 nitrogen and oxygen atoms in total. The molecule has 0 bridgehead atoms. The number of nitrogens with one attached hydrogen (secondary N) is 1. The molecule has 2 unspecified atom stereocenters. The Bertz CT molecular complexity index is 316. The van der Waals surface area contributed by atoms with Crippen molar-refractivity contribution in [2.75, 3.05) is 20.3 Å². The predicted molar refractivity (Wildman–Crippen MR) is 80.3 cm³/mol. The lowest BCUT2D eigenvalue weighted by molar-refractivity contribution is 0.168. The molecule has 0 saturated carbocycles. The van der Waals surface area contributed by atoms with Crippen LogP contribution in [0.25, 0.3) is 0 Å². The van der Waals surface area contributed by atoms with Crippen LogP contribution in [0.2, 0.25) is 0 Å². The molecule has 1 rings (SSSR count). The summed E-state index contributed by atoms with van der Waals surface area (Å²) in [5.41, 5.74) is 1.37. The molecule has 1 aromatic rings. The van der Waals surface area contributed by atoms with E-state index < -0.39 is 0 Å². The number of pyridine rings is 1. The van der Waals surface area contributed by atoms with Crippen LogP contribution in [0.5, 0.6) is 0 Å². The Balaban J connectivity index is 2.44. The monoisotopic (exact) mass is 264 g/mol. The quantitative estimate of drug-likeness (QED) is 0.705. The van der Waals surface area contributed by atoms with E-state index >= 15 is 0 Å². The molecule has 19 heavy (non-hydrogen) atoms. The Kier molecular flexibility index (Phi) is 8.43. The first-order valence-corrected chi connectivity index (χ1v) is 7.39. The normalized spacial score (nSPS) is 14.3. The lowest BCUT2D eigenvalue weighted by Crippen LogP contribution is -2.36. The van der Waals surface area contributed by atoms with Gasteiger partial charge in [-0.1, -0.05) is 13.8 Å². The van der Waals surface area contributed by atoms with Crippen molar-refractivity contribution in [3.63, 3.8) is 0 Å². The van der Waals surface area contributed by atoms with Crippen LogP contribution in [-0.4, -0.2) is 31.3 Å². The number of methoxy groups -OCH3 is 1. The highest BCUT2D eigenvalue weighted by atomic mass is 16.5. The van der Waals surface area contributed by atoms with Gasteiger partial charge < -0.3 is 10.1 Å². The summed E-state index contributed by atoms with van der Waals surface area (Å²) in [6.07, 6.45) is 8.34. The van der Waals surface area contributed by atoms with Gasteiger partial charge in [-0.15, -0.1) is 0 Å². The van der Waals surface area contributed by atoms with Gasteiger partial charge >= 0.3 is 0 Å². The molecule has 3 heteroatoms. The smallest absolute Gasteiger partial charge is 0.0465 e. The first kappa shape index (κ1) is 16.1. The van der Waals surface area contributed by atoms with Gasteiger partial charge in [0.2, 0.25) is 0 Å². The summed E-state index contributed by atoms with van der Waals surface area (Å²) in [7, 11) is 1.78. The van der Waals surface area contributed by atoms with Crippen molar-refractivity contribution in [1.29, 1.82) is 0 Å². The van der Waals surface area contributed by atoms with Gasteiger partial charge in [0.05, 0.1) is 0 Å². The standard InChI is InChI=1S/C16H28N2O/c1-4-10-18-16(14(2)9-13-19-3)6-5-15-7-11-17-12-8-15/h7-8,11-12,14,16,18H,4-6,9-10,13H2,1-3H3. The van der Waals surface area contributed by atoms with Crippen molar-refractivity contribution in [2.45, 2.75) is 45.6 Å². The molecule has 0 saturated heterocycles. The number of hydrogen-bond acceptors (Lipinski definition) is 3. The molecule has 0 amide bonds. The fourth-order valence-corrected chi connectivity index (χ4v) is 2.29. The van der Waals surface area contributed by atoms with Crippen molar-refractivity contribution in [3.05, 3.63) is 30.1 Å². The third-order valence-corrected chi connectivity index (χ3v) is 3.61. The second kappa shape index (κ2) is 9.93. The Morgan fingerprint density at radius 1 is 1.26 bits per heavy atom. The number of aryl methyl sites for hydroxylation is 1. The third-order valence-electron chi connectivity index (χ3n) is 3.61. The molecule has 2 atom stereocenters. The highest BCUT2D eigenvalue weighted by Gasteiger charge is 2.16. The molecule has 1 N–H and O–H groups in total. The molecule has 0 aliphatic heterocycles. The lowest BCUT2D eigenvalue weighted by Gasteiger charge is -2.25. The molecule has 1 heterocycles. The first-order chi connectivity index (χ1) is 9.27. The maximum absolute atomic E-state index is 5.19. The van der Waals surface area contributed by atoms with E-state index in [0.717, 1.165) is 26.0 Å². The van der Waals surface area contributed by atoms with Crippen LogP contribution in [0.3, 0.4) is 0 Å². The fraction of sp³-hybridized carbons (Fsp3) is 0.688. The average molecular weight is 264 g/mol. The maximum atomic E-state index is 5.19. The van der Waals surface area contributed by atoms with Crippen LogP contribution < -0.4 is 5.32 Å². The Morgan fingerprint density at radius 3 is 2.63 bits per heavy atom. The van der Waals surface area contributed by atoms with Crippen molar-refractivity contribution in [1.82, 2.24) is 10.3 Å². The van der Waals surface area contributed by atoms with Crippen LogP contribution in [0.4, 0.5) is 0 Å². The number of rotatable bonds is 10. The summed E-state index contributed by atoms with van der Waals surface area (Å²) in [6, 6.07) is 4.79.